The Balaban J connectivity index is 1.31. The van der Waals surface area contributed by atoms with Gasteiger partial charge in [-0.3, -0.25) is 19.9 Å². The van der Waals surface area contributed by atoms with Crippen LogP contribution in [0.25, 0.3) is 0 Å². The first kappa shape index (κ1) is 28.2. The summed E-state index contributed by atoms with van der Waals surface area (Å²) in [4.78, 5) is 40.5. The van der Waals surface area contributed by atoms with Gasteiger partial charge in [0.05, 0.1) is 25.8 Å². The minimum Gasteiger partial charge on any atom is -0.481 e. The number of hydrogen-bond donors (Lipinski definition) is 1. The van der Waals surface area contributed by atoms with E-state index < -0.39 is 0 Å². The summed E-state index contributed by atoms with van der Waals surface area (Å²) in [5.41, 5.74) is 3.26. The van der Waals surface area contributed by atoms with E-state index in [2.05, 4.69) is 23.3 Å². The van der Waals surface area contributed by atoms with Crippen LogP contribution in [0.3, 0.4) is 0 Å². The number of carbonyl (C=O) groups excluding carboxylic acids is 2. The van der Waals surface area contributed by atoms with Crippen LogP contribution in [0.5, 0.6) is 5.88 Å². The van der Waals surface area contributed by atoms with Crippen LogP contribution in [-0.2, 0) is 24.2 Å². The van der Waals surface area contributed by atoms with Gasteiger partial charge in [0, 0.05) is 36.1 Å². The quantitative estimate of drug-likeness (QED) is 0.490. The number of nitrogens with one attached hydrogen (secondary N) is 1. The molecule has 4 heterocycles. The summed E-state index contributed by atoms with van der Waals surface area (Å²) in [6, 6.07) is 5.78. The van der Waals surface area contributed by atoms with Crippen molar-refractivity contribution in [3.63, 3.8) is 0 Å². The maximum absolute atomic E-state index is 13.5. The first-order valence-electron chi connectivity index (χ1n) is 14.0. The van der Waals surface area contributed by atoms with E-state index in [9.17, 15) is 14.9 Å². The second kappa shape index (κ2) is 12.0. The number of carbonyl (C=O) groups is 2. The Labute approximate surface area is 240 Å². The minimum atomic E-state index is -0.319. The predicted octanol–water partition coefficient (Wildman–Crippen LogP) is 3.83. The molecule has 2 aromatic rings. The van der Waals surface area contributed by atoms with Crippen molar-refractivity contribution in [1.82, 2.24) is 19.8 Å². The standard InChI is InChI=1S/C29H37N7O3S/c1-4-40-29(9-10-29)8-7-20-15-24(31-17-23(20)16-30)32-28(38)36-11-5-6-21-14-22(27(39-3)33-26(21)36)18-35-13-12-34(2)19-25(35)37/h14-15,17H,4-13,18-19H2,1-3H3,(H,31,32,38). The second-order valence-corrected chi connectivity index (χ2v) is 12.6. The molecular weight excluding hydrogens is 526 g/mol. The van der Waals surface area contributed by atoms with E-state index in [0.717, 1.165) is 54.7 Å². The molecule has 11 heteroatoms. The highest BCUT2D eigenvalue weighted by molar-refractivity contribution is 8.00. The number of methoxy groups -OCH3 is 1. The third kappa shape index (κ3) is 6.18. The van der Waals surface area contributed by atoms with Crippen LogP contribution in [0.15, 0.2) is 18.3 Å². The first-order valence-corrected chi connectivity index (χ1v) is 15.0. The Morgan fingerprint density at radius 3 is 2.77 bits per heavy atom. The second-order valence-electron chi connectivity index (χ2n) is 10.8. The van der Waals surface area contributed by atoms with Gasteiger partial charge in [-0.2, -0.15) is 22.0 Å². The molecule has 10 nitrogen and oxygen atoms in total. The van der Waals surface area contributed by atoms with Crippen molar-refractivity contribution < 1.29 is 14.3 Å². The molecule has 2 aliphatic heterocycles. The summed E-state index contributed by atoms with van der Waals surface area (Å²) in [6.07, 6.45) is 7.38. The number of hydrogen-bond acceptors (Lipinski definition) is 8. The van der Waals surface area contributed by atoms with Crippen molar-refractivity contribution in [1.29, 1.82) is 5.26 Å². The van der Waals surface area contributed by atoms with Gasteiger partial charge in [-0.05, 0) is 74.6 Å². The Morgan fingerprint density at radius 2 is 2.08 bits per heavy atom. The van der Waals surface area contributed by atoms with Gasteiger partial charge in [0.2, 0.25) is 11.8 Å². The van der Waals surface area contributed by atoms with E-state index in [1.54, 1.807) is 18.2 Å². The van der Waals surface area contributed by atoms with Gasteiger partial charge in [0.15, 0.2) is 0 Å². The van der Waals surface area contributed by atoms with Crippen molar-refractivity contribution in [2.75, 3.05) is 56.3 Å². The molecule has 0 aromatic carbocycles. The van der Waals surface area contributed by atoms with Crippen molar-refractivity contribution in [2.45, 2.75) is 56.7 Å². The van der Waals surface area contributed by atoms with Crippen molar-refractivity contribution in [2.24, 2.45) is 0 Å². The molecule has 0 radical (unpaired) electrons. The van der Waals surface area contributed by atoms with Gasteiger partial charge >= 0.3 is 6.03 Å². The summed E-state index contributed by atoms with van der Waals surface area (Å²) in [7, 11) is 3.50. The van der Waals surface area contributed by atoms with Crippen LogP contribution in [0, 0.1) is 11.3 Å². The molecule has 2 aromatic heterocycles. The molecule has 3 aliphatic rings. The molecule has 212 valence electrons. The van der Waals surface area contributed by atoms with Crippen LogP contribution in [-0.4, -0.2) is 82.5 Å². The molecule has 40 heavy (non-hydrogen) atoms. The third-order valence-electron chi connectivity index (χ3n) is 7.96. The normalized spacial score (nSPS) is 18.2. The Kier molecular flexibility index (Phi) is 8.47. The lowest BCUT2D eigenvalue weighted by atomic mass is 10.0. The lowest BCUT2D eigenvalue weighted by molar-refractivity contribution is -0.136. The Morgan fingerprint density at radius 1 is 1.25 bits per heavy atom. The average Bonchev–Trinajstić information content (AvgIpc) is 3.72. The molecule has 3 amide bonds. The molecule has 0 spiro atoms. The number of thioether (sulfide) groups is 1. The molecule has 1 N–H and O–H groups in total. The summed E-state index contributed by atoms with van der Waals surface area (Å²) in [6.45, 7) is 5.01. The topological polar surface area (TPSA) is 115 Å². The number of likely N-dealkylation sites (N-methyl/N-ethyl adjacent to an activating group) is 1. The monoisotopic (exact) mass is 563 g/mol. The highest BCUT2D eigenvalue weighted by Gasteiger charge is 2.42. The van der Waals surface area contributed by atoms with E-state index in [0.29, 0.717) is 54.0 Å². The lowest BCUT2D eigenvalue weighted by Gasteiger charge is -2.33. The van der Waals surface area contributed by atoms with Crippen LogP contribution in [0.2, 0.25) is 0 Å². The SMILES string of the molecule is CCSC1(CCc2cc(NC(=O)N3CCCc4cc(CN5CCN(C)CC5=O)c(OC)nc43)ncc2C#N)CC1. The molecule has 1 saturated carbocycles. The number of piperazine rings is 1. The van der Waals surface area contributed by atoms with Crippen LogP contribution < -0.4 is 15.0 Å². The molecule has 5 rings (SSSR count). The van der Waals surface area contributed by atoms with E-state index in [1.165, 1.54) is 12.8 Å². The fraction of sp³-hybridized carbons (Fsp3) is 0.552. The molecule has 0 atom stereocenters. The number of amides is 3. The number of nitrogens with zero attached hydrogens (tertiary/aromatic N) is 6. The number of aryl methyl sites for hydroxylation is 2. The summed E-state index contributed by atoms with van der Waals surface area (Å²) in [5.74, 6) is 2.59. The number of anilines is 2. The molecule has 1 saturated heterocycles. The first-order chi connectivity index (χ1) is 19.3. The fourth-order valence-corrected chi connectivity index (χ4v) is 6.79. The van der Waals surface area contributed by atoms with E-state index in [4.69, 9.17) is 9.72 Å². The Bertz CT molecular complexity index is 1320. The fourth-order valence-electron chi connectivity index (χ4n) is 5.54. The molecule has 1 aliphatic carbocycles. The van der Waals surface area contributed by atoms with Gasteiger partial charge < -0.3 is 9.64 Å². The molecule has 0 unspecified atom stereocenters. The average molecular weight is 564 g/mol. The minimum absolute atomic E-state index is 0.0835. The number of nitriles is 1. The predicted molar refractivity (Wildman–Crippen MR) is 156 cm³/mol. The molecule has 0 bridgehead atoms. The zero-order valence-corrected chi connectivity index (χ0v) is 24.4. The van der Waals surface area contributed by atoms with Crippen LogP contribution in [0.1, 0.15) is 54.9 Å². The zero-order valence-electron chi connectivity index (χ0n) is 23.5. The highest BCUT2D eigenvalue weighted by atomic mass is 32.2. The van der Waals surface area contributed by atoms with Crippen molar-refractivity contribution in [3.05, 3.63) is 40.6 Å². The van der Waals surface area contributed by atoms with Gasteiger partial charge in [0.1, 0.15) is 17.7 Å². The van der Waals surface area contributed by atoms with Gasteiger partial charge in [-0.25, -0.2) is 9.78 Å². The number of urea groups is 1. The molecule has 2 fully saturated rings. The number of ether oxygens (including phenoxy) is 1. The van der Waals surface area contributed by atoms with E-state index >= 15 is 0 Å². The summed E-state index contributed by atoms with van der Waals surface area (Å²) >= 11 is 2.00. The number of aromatic nitrogens is 2. The van der Waals surface area contributed by atoms with Crippen LogP contribution >= 0.6 is 11.8 Å². The smallest absolute Gasteiger partial charge is 0.328 e. The largest absolute Gasteiger partial charge is 0.481 e. The van der Waals surface area contributed by atoms with Crippen molar-refractivity contribution >= 4 is 35.3 Å². The van der Waals surface area contributed by atoms with Gasteiger partial charge in [0.25, 0.3) is 0 Å². The summed E-state index contributed by atoms with van der Waals surface area (Å²) < 4.78 is 5.95. The van der Waals surface area contributed by atoms with Crippen LogP contribution in [0.4, 0.5) is 16.4 Å². The molecular formula is C29H37N7O3S. The van der Waals surface area contributed by atoms with E-state index in [1.807, 2.05) is 40.7 Å². The maximum Gasteiger partial charge on any atom is 0.328 e. The van der Waals surface area contributed by atoms with Gasteiger partial charge in [-0.15, -0.1) is 0 Å². The summed E-state index contributed by atoms with van der Waals surface area (Å²) in [5, 5.41) is 12.6. The third-order valence-corrected chi connectivity index (χ3v) is 9.48. The highest BCUT2D eigenvalue weighted by Crippen LogP contribution is 2.51. The maximum atomic E-state index is 13.5. The number of rotatable bonds is 9. The Hall–Kier alpha value is -3.36. The number of fused-ring (bicyclic) bond motifs is 1. The van der Waals surface area contributed by atoms with Gasteiger partial charge in [-0.1, -0.05) is 6.92 Å². The van der Waals surface area contributed by atoms with Crippen molar-refractivity contribution in [3.8, 4) is 11.9 Å². The lowest BCUT2D eigenvalue weighted by Crippen LogP contribution is -2.48. The number of pyridine rings is 2. The van der Waals surface area contributed by atoms with E-state index in [-0.39, 0.29) is 11.9 Å². The zero-order chi connectivity index (χ0) is 28.3.